The lowest BCUT2D eigenvalue weighted by molar-refractivity contribution is 0.318. The number of methoxy groups -OCH3 is 2. The van der Waals surface area contributed by atoms with E-state index in [1.807, 2.05) is 24.3 Å². The number of allylic oxidation sites excluding steroid dienone is 6. The van der Waals surface area contributed by atoms with Gasteiger partial charge in [0.25, 0.3) is 5.70 Å². The van der Waals surface area contributed by atoms with Crippen molar-refractivity contribution in [1.29, 1.82) is 5.26 Å². The van der Waals surface area contributed by atoms with Crippen LogP contribution in [0.2, 0.25) is 0 Å². The Kier molecular flexibility index (Phi) is 6.13. The highest BCUT2D eigenvalue weighted by Gasteiger charge is 2.36. The Morgan fingerprint density at radius 1 is 1.29 bits per heavy atom. The van der Waals surface area contributed by atoms with Crippen LogP contribution in [-0.2, 0) is 10.2 Å². The largest absolute Gasteiger partial charge is 0.496 e. The molecule has 0 bridgehead atoms. The Bertz CT molecular complexity index is 1090. The van der Waals surface area contributed by atoms with Crippen LogP contribution in [0.15, 0.2) is 47.1 Å². The van der Waals surface area contributed by atoms with Crippen LogP contribution < -0.4 is 14.4 Å². The molecule has 0 saturated heterocycles. The fourth-order valence-electron chi connectivity index (χ4n) is 4.04. The highest BCUT2D eigenvalue weighted by Crippen LogP contribution is 2.50. The molecule has 3 rings (SSSR count). The van der Waals surface area contributed by atoms with Crippen molar-refractivity contribution < 1.29 is 14.2 Å². The molecule has 0 saturated carbocycles. The second kappa shape index (κ2) is 8.62. The summed E-state index contributed by atoms with van der Waals surface area (Å²) in [4.78, 5) is 5.51. The second-order valence-corrected chi connectivity index (χ2v) is 8.24. The van der Waals surface area contributed by atoms with Gasteiger partial charge in [-0.1, -0.05) is 13.8 Å². The fourth-order valence-corrected chi connectivity index (χ4v) is 4.04. The second-order valence-electron chi connectivity index (χ2n) is 8.24. The lowest BCUT2D eigenvalue weighted by Gasteiger charge is -2.40. The first kappa shape index (κ1) is 22.1. The van der Waals surface area contributed by atoms with E-state index in [4.69, 9.17) is 20.8 Å². The lowest BCUT2D eigenvalue weighted by atomic mass is 9.76. The summed E-state index contributed by atoms with van der Waals surface area (Å²) in [6.07, 6.45) is 8.12. The van der Waals surface area contributed by atoms with Crippen molar-refractivity contribution in [3.05, 3.63) is 69.6 Å². The lowest BCUT2D eigenvalue weighted by Crippen LogP contribution is -2.35. The number of benzene rings is 1. The summed E-state index contributed by atoms with van der Waals surface area (Å²) >= 11 is 0. The average molecular weight is 418 g/mol. The van der Waals surface area contributed by atoms with E-state index in [2.05, 4.69) is 30.6 Å². The quantitative estimate of drug-likeness (QED) is 0.488. The van der Waals surface area contributed by atoms with E-state index in [1.54, 1.807) is 33.3 Å². The summed E-state index contributed by atoms with van der Waals surface area (Å²) in [7, 11) is 5.43. The number of ether oxygens (including phenoxy) is 3. The van der Waals surface area contributed by atoms with Crippen molar-refractivity contribution in [3.63, 3.8) is 0 Å². The van der Waals surface area contributed by atoms with Crippen LogP contribution >= 0.6 is 0 Å². The van der Waals surface area contributed by atoms with E-state index < -0.39 is 0 Å². The predicted molar refractivity (Wildman–Crippen MR) is 122 cm³/mol. The summed E-state index contributed by atoms with van der Waals surface area (Å²) in [6.45, 7) is 14.4. The molecule has 1 aromatic carbocycles. The van der Waals surface area contributed by atoms with Crippen LogP contribution in [0.5, 0.6) is 11.5 Å². The van der Waals surface area contributed by atoms with Crippen molar-refractivity contribution in [1.82, 2.24) is 0 Å². The molecule has 0 radical (unpaired) electrons. The van der Waals surface area contributed by atoms with Gasteiger partial charge in [-0.3, -0.25) is 0 Å². The topological polar surface area (TPSA) is 59.1 Å². The van der Waals surface area contributed by atoms with Crippen molar-refractivity contribution in [2.24, 2.45) is 0 Å². The zero-order chi connectivity index (χ0) is 22.8. The molecular weight excluding hydrogens is 390 g/mol. The summed E-state index contributed by atoms with van der Waals surface area (Å²) in [5, 5.41) is 9.19. The molecule has 2 aliphatic heterocycles. The van der Waals surface area contributed by atoms with E-state index >= 15 is 0 Å². The molecule has 0 amide bonds. The summed E-state index contributed by atoms with van der Waals surface area (Å²) < 4.78 is 17.4. The molecule has 0 N–H and O–H groups in total. The van der Waals surface area contributed by atoms with Gasteiger partial charge >= 0.3 is 0 Å². The maximum absolute atomic E-state index is 9.19. The number of nitriles is 1. The third-order valence-corrected chi connectivity index (χ3v) is 5.65. The summed E-state index contributed by atoms with van der Waals surface area (Å²) in [6, 6.07) is 3.90. The standard InChI is InChI=1S/C25H27N3O3/c1-16-12-18(20(15-26)27-4)13-19(31-16)9-8-17-14-21(29-6)23-22(24(17)30-7)25(2,3)10-11-28(23)5/h8-9,12-14H,10-11H2,1-3,5-7H3/b9-8+,20-18+. The highest BCUT2D eigenvalue weighted by molar-refractivity contribution is 5.78. The minimum Gasteiger partial charge on any atom is -0.496 e. The van der Waals surface area contributed by atoms with Gasteiger partial charge in [-0.15, -0.1) is 0 Å². The molecule has 31 heavy (non-hydrogen) atoms. The molecule has 0 spiro atoms. The van der Waals surface area contributed by atoms with Crippen LogP contribution in [0.4, 0.5) is 5.69 Å². The summed E-state index contributed by atoms with van der Waals surface area (Å²) in [5.74, 6) is 2.76. The molecular formula is C25H27N3O3. The van der Waals surface area contributed by atoms with E-state index in [0.717, 1.165) is 41.3 Å². The van der Waals surface area contributed by atoms with Crippen LogP contribution in [-0.4, -0.2) is 27.8 Å². The molecule has 0 unspecified atom stereocenters. The van der Waals surface area contributed by atoms with Gasteiger partial charge in [0.15, 0.2) is 0 Å². The Balaban J connectivity index is 2.13. The van der Waals surface area contributed by atoms with Crippen LogP contribution in [0, 0.1) is 17.9 Å². The van der Waals surface area contributed by atoms with Gasteiger partial charge in [-0.2, -0.15) is 0 Å². The van der Waals surface area contributed by atoms with Gasteiger partial charge in [0.1, 0.15) is 23.0 Å². The van der Waals surface area contributed by atoms with E-state index in [0.29, 0.717) is 17.1 Å². The number of nitrogens with zero attached hydrogens (tertiary/aromatic N) is 3. The Labute approximate surface area is 184 Å². The molecule has 0 atom stereocenters. The van der Waals surface area contributed by atoms with Gasteiger partial charge in [0, 0.05) is 24.7 Å². The first-order valence-corrected chi connectivity index (χ1v) is 10.0. The molecule has 0 fully saturated rings. The van der Waals surface area contributed by atoms with Crippen molar-refractivity contribution in [3.8, 4) is 17.6 Å². The van der Waals surface area contributed by atoms with Crippen molar-refractivity contribution in [2.45, 2.75) is 32.6 Å². The van der Waals surface area contributed by atoms with Crippen LogP contribution in [0.1, 0.15) is 38.3 Å². The molecule has 6 heteroatoms. The molecule has 0 aromatic heterocycles. The Hall–Kier alpha value is -3.64. The number of fused-ring (bicyclic) bond motifs is 1. The molecule has 2 aliphatic rings. The van der Waals surface area contributed by atoms with Gasteiger partial charge in [0.2, 0.25) is 0 Å². The molecule has 6 nitrogen and oxygen atoms in total. The highest BCUT2D eigenvalue weighted by atomic mass is 16.5. The minimum atomic E-state index is -0.0719. The number of rotatable bonds is 4. The van der Waals surface area contributed by atoms with E-state index in [1.165, 1.54) is 0 Å². The van der Waals surface area contributed by atoms with Crippen LogP contribution in [0.25, 0.3) is 10.9 Å². The number of hydrogen-bond donors (Lipinski definition) is 0. The maximum Gasteiger partial charge on any atom is 0.269 e. The summed E-state index contributed by atoms with van der Waals surface area (Å²) in [5.41, 5.74) is 3.55. The zero-order valence-electron chi connectivity index (χ0n) is 18.9. The zero-order valence-corrected chi connectivity index (χ0v) is 18.9. The monoisotopic (exact) mass is 417 g/mol. The average Bonchev–Trinajstić information content (AvgIpc) is 2.74. The number of anilines is 1. The first-order valence-electron chi connectivity index (χ1n) is 10.0. The fraction of sp³-hybridized carbons (Fsp3) is 0.360. The molecule has 0 aliphatic carbocycles. The van der Waals surface area contributed by atoms with Gasteiger partial charge in [-0.05, 0) is 54.7 Å². The van der Waals surface area contributed by atoms with E-state index in [9.17, 15) is 5.26 Å². The Morgan fingerprint density at radius 3 is 2.65 bits per heavy atom. The molecule has 1 aromatic rings. The smallest absolute Gasteiger partial charge is 0.269 e. The van der Waals surface area contributed by atoms with Crippen molar-refractivity contribution in [2.75, 3.05) is 32.7 Å². The van der Waals surface area contributed by atoms with Gasteiger partial charge in [-0.25, -0.2) is 10.1 Å². The minimum absolute atomic E-state index is 0.0337. The van der Waals surface area contributed by atoms with Crippen LogP contribution in [0.3, 0.4) is 0 Å². The van der Waals surface area contributed by atoms with Gasteiger partial charge in [0.05, 0.1) is 32.5 Å². The van der Waals surface area contributed by atoms with E-state index in [-0.39, 0.29) is 11.1 Å². The third-order valence-electron chi connectivity index (χ3n) is 5.65. The first-order chi connectivity index (χ1) is 14.7. The molecule has 160 valence electrons. The predicted octanol–water partition coefficient (Wildman–Crippen LogP) is 5.35. The van der Waals surface area contributed by atoms with Crippen molar-refractivity contribution >= 4 is 11.8 Å². The number of hydrogen-bond acceptors (Lipinski definition) is 5. The molecule has 2 heterocycles. The Morgan fingerprint density at radius 2 is 2.03 bits per heavy atom. The maximum atomic E-state index is 9.19. The van der Waals surface area contributed by atoms with Gasteiger partial charge < -0.3 is 19.1 Å². The SMILES string of the molecule is [C-]#[N+]/C(C#N)=C1\C=C(C)OC(/C=C/c2cc(OC)c3c(c2OC)C(C)(C)CCN3C)=C1. The third kappa shape index (κ3) is 4.15. The normalized spacial score (nSPS) is 18.8.